The lowest BCUT2D eigenvalue weighted by Gasteiger charge is -2.44. The van der Waals surface area contributed by atoms with Gasteiger partial charge in [-0.05, 0) is 44.4 Å². The second kappa shape index (κ2) is 10.5. The number of nitrogens with one attached hydrogen (secondary N) is 2. The highest BCUT2D eigenvalue weighted by molar-refractivity contribution is 7.99. The Kier molecular flexibility index (Phi) is 8.52. The van der Waals surface area contributed by atoms with Crippen molar-refractivity contribution in [2.24, 2.45) is 11.8 Å². The van der Waals surface area contributed by atoms with Crippen molar-refractivity contribution in [1.29, 1.82) is 0 Å². The monoisotopic (exact) mass is 450 g/mol. The van der Waals surface area contributed by atoms with Gasteiger partial charge < -0.3 is 30.7 Å². The van der Waals surface area contributed by atoms with Crippen molar-refractivity contribution < 1.29 is 24.9 Å². The molecule has 9 atom stereocenters. The van der Waals surface area contributed by atoms with Gasteiger partial charge in [0.1, 0.15) is 29.9 Å². The average molecular weight is 451 g/mol. The molecule has 0 bridgehead atoms. The van der Waals surface area contributed by atoms with E-state index in [1.165, 1.54) is 37.4 Å². The highest BCUT2D eigenvalue weighted by Gasteiger charge is 2.48. The Morgan fingerprint density at radius 3 is 2.48 bits per heavy atom. The number of alkyl halides is 1. The number of amides is 1. The van der Waals surface area contributed by atoms with Crippen LogP contribution < -0.4 is 10.6 Å². The largest absolute Gasteiger partial charge is 0.388 e. The number of halogens is 1. The third-order valence-electron chi connectivity index (χ3n) is 6.74. The fourth-order valence-electron chi connectivity index (χ4n) is 4.57. The molecule has 0 radical (unpaired) electrons. The number of ether oxygens (including phenoxy) is 1. The average Bonchev–Trinajstić information content (AvgIpc) is 3.12. The van der Waals surface area contributed by atoms with E-state index >= 15 is 0 Å². The Labute approximate surface area is 182 Å². The Morgan fingerprint density at radius 2 is 1.90 bits per heavy atom. The SMILES string of the molecule is CS[C@H]1O[C@H](C(NC(=O)C2CC(CCC3CCC3)CN2)C(C)Cl)[C@H](O)[C@H](O)[C@H]1O. The molecule has 2 heterocycles. The first-order valence-corrected chi connectivity index (χ1v) is 12.4. The molecule has 0 aromatic heterocycles. The molecular formula is C20H35ClN2O5S. The van der Waals surface area contributed by atoms with E-state index < -0.39 is 41.3 Å². The van der Waals surface area contributed by atoms with E-state index in [4.69, 9.17) is 16.3 Å². The minimum atomic E-state index is -1.36. The molecule has 2 saturated heterocycles. The predicted octanol–water partition coefficient (Wildman–Crippen LogP) is 0.827. The van der Waals surface area contributed by atoms with E-state index in [0.717, 1.165) is 25.3 Å². The van der Waals surface area contributed by atoms with Gasteiger partial charge >= 0.3 is 0 Å². The molecule has 2 aliphatic heterocycles. The third kappa shape index (κ3) is 5.59. The van der Waals surface area contributed by atoms with Gasteiger partial charge in [0.25, 0.3) is 0 Å². The first-order valence-electron chi connectivity index (χ1n) is 10.7. The molecule has 0 aromatic carbocycles. The third-order valence-corrected chi connectivity index (χ3v) is 7.87. The van der Waals surface area contributed by atoms with Gasteiger partial charge in [-0.2, -0.15) is 0 Å². The summed E-state index contributed by atoms with van der Waals surface area (Å²) in [5.74, 6) is 1.22. The van der Waals surface area contributed by atoms with Crippen LogP contribution in [0.25, 0.3) is 0 Å². The highest BCUT2D eigenvalue weighted by Crippen LogP contribution is 2.33. The molecule has 1 amide bonds. The number of carbonyl (C=O) groups excluding carboxylic acids is 1. The van der Waals surface area contributed by atoms with Crippen molar-refractivity contribution in [3.63, 3.8) is 0 Å². The molecule has 3 aliphatic rings. The first-order chi connectivity index (χ1) is 13.8. The summed E-state index contributed by atoms with van der Waals surface area (Å²) in [6.45, 7) is 2.56. The molecular weight excluding hydrogens is 416 g/mol. The van der Waals surface area contributed by atoms with Crippen LogP contribution in [0.4, 0.5) is 0 Å². The van der Waals surface area contributed by atoms with E-state index in [2.05, 4.69) is 10.6 Å². The van der Waals surface area contributed by atoms with Gasteiger partial charge in [0.05, 0.1) is 17.5 Å². The van der Waals surface area contributed by atoms with E-state index in [1.54, 1.807) is 13.2 Å². The lowest BCUT2D eigenvalue weighted by Crippen LogP contribution is -2.65. The second-order valence-corrected chi connectivity index (χ2v) is 10.4. The highest BCUT2D eigenvalue weighted by atomic mass is 35.5. The normalized spacial score (nSPS) is 40.3. The smallest absolute Gasteiger partial charge is 0.237 e. The number of aliphatic hydroxyl groups is 3. The van der Waals surface area contributed by atoms with Gasteiger partial charge in [0, 0.05) is 0 Å². The minimum Gasteiger partial charge on any atom is -0.388 e. The maximum atomic E-state index is 12.9. The summed E-state index contributed by atoms with van der Waals surface area (Å²) in [5.41, 5.74) is -0.700. The maximum Gasteiger partial charge on any atom is 0.237 e. The number of thioether (sulfide) groups is 1. The molecule has 1 aliphatic carbocycles. The lowest BCUT2D eigenvalue weighted by atomic mass is 9.80. The fourth-order valence-corrected chi connectivity index (χ4v) is 5.46. The molecule has 3 rings (SSSR count). The lowest BCUT2D eigenvalue weighted by molar-refractivity contribution is -0.205. The molecule has 29 heavy (non-hydrogen) atoms. The predicted molar refractivity (Wildman–Crippen MR) is 114 cm³/mol. The number of rotatable bonds is 8. The standard InChI is InChI=1S/C20H35ClN2O5S/c1-10(21)14(18-16(25)15(24)17(26)20(28-18)29-2)23-19(27)13-8-12(9-22-13)7-6-11-4-3-5-11/h10-18,20,22,24-26H,3-9H2,1-2H3,(H,23,27)/t10?,12?,13?,14?,15-,16+,17+,18+,20+/m0/s1. The van der Waals surface area contributed by atoms with Crippen LogP contribution in [0.5, 0.6) is 0 Å². The zero-order valence-electron chi connectivity index (χ0n) is 17.2. The van der Waals surface area contributed by atoms with E-state index in [9.17, 15) is 20.1 Å². The van der Waals surface area contributed by atoms with Gasteiger partial charge in [-0.1, -0.05) is 25.7 Å². The fraction of sp³-hybridized carbons (Fsp3) is 0.950. The van der Waals surface area contributed by atoms with Gasteiger partial charge in [-0.3, -0.25) is 4.79 Å². The molecule has 0 aromatic rings. The molecule has 9 heteroatoms. The number of carbonyl (C=O) groups is 1. The van der Waals surface area contributed by atoms with Crippen molar-refractivity contribution in [2.45, 2.75) is 92.8 Å². The Balaban J connectivity index is 1.56. The van der Waals surface area contributed by atoms with Crippen molar-refractivity contribution in [3.8, 4) is 0 Å². The van der Waals surface area contributed by atoms with Crippen LogP contribution in [0.2, 0.25) is 0 Å². The summed E-state index contributed by atoms with van der Waals surface area (Å²) in [4.78, 5) is 12.9. The second-order valence-electron chi connectivity index (χ2n) is 8.83. The van der Waals surface area contributed by atoms with Gasteiger partial charge in [0.2, 0.25) is 5.91 Å². The van der Waals surface area contributed by atoms with Crippen LogP contribution in [0.3, 0.4) is 0 Å². The summed E-state index contributed by atoms with van der Waals surface area (Å²) in [6, 6.07) is -0.973. The molecule has 3 fully saturated rings. The van der Waals surface area contributed by atoms with Crippen molar-refractivity contribution in [1.82, 2.24) is 10.6 Å². The Morgan fingerprint density at radius 1 is 1.21 bits per heavy atom. The molecule has 7 nitrogen and oxygen atoms in total. The summed E-state index contributed by atoms with van der Waals surface area (Å²) in [7, 11) is 0. The van der Waals surface area contributed by atoms with Gasteiger partial charge in [-0.25, -0.2) is 0 Å². The van der Waals surface area contributed by atoms with Crippen LogP contribution in [0, 0.1) is 11.8 Å². The van der Waals surface area contributed by atoms with Crippen LogP contribution >= 0.6 is 23.4 Å². The Bertz CT molecular complexity index is 551. The van der Waals surface area contributed by atoms with Crippen molar-refractivity contribution in [3.05, 3.63) is 0 Å². The molecule has 1 saturated carbocycles. The summed E-state index contributed by atoms with van der Waals surface area (Å²) in [6.07, 6.45) is 4.19. The van der Waals surface area contributed by atoms with E-state index in [-0.39, 0.29) is 11.9 Å². The van der Waals surface area contributed by atoms with Crippen LogP contribution in [0.15, 0.2) is 0 Å². The number of aliphatic hydroxyl groups excluding tert-OH is 3. The topological polar surface area (TPSA) is 111 Å². The quantitative estimate of drug-likeness (QED) is 0.348. The van der Waals surface area contributed by atoms with Crippen LogP contribution in [-0.2, 0) is 9.53 Å². The molecule has 4 unspecified atom stereocenters. The number of hydrogen-bond acceptors (Lipinski definition) is 7. The Hall–Kier alpha value is -0.0900. The van der Waals surface area contributed by atoms with E-state index in [1.807, 2.05) is 0 Å². The zero-order chi connectivity index (χ0) is 21.1. The molecule has 5 N–H and O–H groups in total. The van der Waals surface area contributed by atoms with Gasteiger partial charge in [-0.15, -0.1) is 23.4 Å². The summed E-state index contributed by atoms with van der Waals surface area (Å²) in [5, 5.41) is 36.4. The zero-order valence-corrected chi connectivity index (χ0v) is 18.7. The number of hydrogen-bond donors (Lipinski definition) is 5. The first kappa shape index (κ1) is 23.6. The molecule has 168 valence electrons. The van der Waals surface area contributed by atoms with Crippen molar-refractivity contribution >= 4 is 29.3 Å². The van der Waals surface area contributed by atoms with Crippen LogP contribution in [-0.4, -0.2) is 81.3 Å². The maximum absolute atomic E-state index is 12.9. The van der Waals surface area contributed by atoms with Crippen molar-refractivity contribution in [2.75, 3.05) is 12.8 Å². The van der Waals surface area contributed by atoms with Gasteiger partial charge in [0.15, 0.2) is 0 Å². The van der Waals surface area contributed by atoms with Crippen LogP contribution in [0.1, 0.15) is 45.4 Å². The minimum absolute atomic E-state index is 0.161. The summed E-state index contributed by atoms with van der Waals surface area (Å²) < 4.78 is 5.81. The summed E-state index contributed by atoms with van der Waals surface area (Å²) >= 11 is 7.57. The molecule has 0 spiro atoms. The van der Waals surface area contributed by atoms with E-state index in [0.29, 0.717) is 5.92 Å².